The average Bonchev–Trinajstić information content (AvgIpc) is 2.32. The molecule has 1 atom stereocenters. The number of carboxylic acids is 1. The lowest BCUT2D eigenvalue weighted by Crippen LogP contribution is -2.33. The first kappa shape index (κ1) is 17.6. The first-order valence-corrected chi connectivity index (χ1v) is 8.10. The Balaban J connectivity index is 2.87. The smallest absolute Gasteiger partial charge is 0.307 e. The van der Waals surface area contributed by atoms with Crippen molar-refractivity contribution in [2.24, 2.45) is 11.8 Å². The highest BCUT2D eigenvalue weighted by Crippen LogP contribution is 2.16. The second-order valence-corrected chi connectivity index (χ2v) is 7.25. The van der Waals surface area contributed by atoms with Gasteiger partial charge in [-0.25, -0.2) is 17.5 Å². The molecule has 2 N–H and O–H groups in total. The Morgan fingerprint density at radius 1 is 1.33 bits per heavy atom. The zero-order valence-electron chi connectivity index (χ0n) is 12.3. The number of halogens is 1. The SMILES string of the molecule is Cc1cc(F)cc(S(=O)(=O)NCC(CC(C)C)C(=O)O)c1. The molecule has 1 aromatic carbocycles. The van der Waals surface area contributed by atoms with Gasteiger partial charge in [-0.05, 0) is 43.0 Å². The van der Waals surface area contributed by atoms with Gasteiger partial charge in [0.05, 0.1) is 10.8 Å². The molecule has 0 aliphatic rings. The molecule has 5 nitrogen and oxygen atoms in total. The molecule has 0 bridgehead atoms. The molecular formula is C14H20FNO4S. The first-order chi connectivity index (χ1) is 9.61. The lowest BCUT2D eigenvalue weighted by atomic mass is 9.98. The maximum absolute atomic E-state index is 13.3. The van der Waals surface area contributed by atoms with Gasteiger partial charge in [0.25, 0.3) is 0 Å². The number of aryl methyl sites for hydroxylation is 1. The molecule has 0 spiro atoms. The molecule has 7 heteroatoms. The van der Waals surface area contributed by atoms with Crippen molar-refractivity contribution in [3.63, 3.8) is 0 Å². The molecule has 21 heavy (non-hydrogen) atoms. The van der Waals surface area contributed by atoms with E-state index in [4.69, 9.17) is 5.11 Å². The summed E-state index contributed by atoms with van der Waals surface area (Å²) in [6.45, 7) is 5.09. The zero-order valence-corrected chi connectivity index (χ0v) is 13.1. The third-order valence-electron chi connectivity index (χ3n) is 2.95. The van der Waals surface area contributed by atoms with Crippen molar-refractivity contribution in [1.82, 2.24) is 4.72 Å². The lowest BCUT2D eigenvalue weighted by molar-refractivity contribution is -0.142. The highest BCUT2D eigenvalue weighted by molar-refractivity contribution is 7.89. The van der Waals surface area contributed by atoms with E-state index in [1.54, 1.807) is 6.92 Å². The number of hydrogen-bond acceptors (Lipinski definition) is 3. The number of sulfonamides is 1. The minimum Gasteiger partial charge on any atom is -0.481 e. The van der Waals surface area contributed by atoms with Crippen LogP contribution in [0.2, 0.25) is 0 Å². The largest absolute Gasteiger partial charge is 0.481 e. The van der Waals surface area contributed by atoms with Crippen LogP contribution in [0.15, 0.2) is 23.1 Å². The number of carbonyl (C=O) groups is 1. The van der Waals surface area contributed by atoms with Crippen molar-refractivity contribution in [2.45, 2.75) is 32.1 Å². The van der Waals surface area contributed by atoms with Gasteiger partial charge in [-0.15, -0.1) is 0 Å². The van der Waals surface area contributed by atoms with Crippen LogP contribution >= 0.6 is 0 Å². The topological polar surface area (TPSA) is 83.5 Å². The highest BCUT2D eigenvalue weighted by Gasteiger charge is 2.23. The van der Waals surface area contributed by atoms with Crippen LogP contribution in [0.1, 0.15) is 25.8 Å². The number of rotatable bonds is 7. The fourth-order valence-corrected chi connectivity index (χ4v) is 3.19. The summed E-state index contributed by atoms with van der Waals surface area (Å²) in [5.74, 6) is -2.38. The van der Waals surface area contributed by atoms with Crippen LogP contribution in [-0.4, -0.2) is 26.0 Å². The van der Waals surface area contributed by atoms with E-state index >= 15 is 0 Å². The van der Waals surface area contributed by atoms with Crippen molar-refractivity contribution < 1.29 is 22.7 Å². The third-order valence-corrected chi connectivity index (χ3v) is 4.35. The Kier molecular flexibility index (Phi) is 5.86. The molecule has 0 fully saturated rings. The van der Waals surface area contributed by atoms with Crippen molar-refractivity contribution in [3.05, 3.63) is 29.6 Å². The molecule has 0 saturated heterocycles. The first-order valence-electron chi connectivity index (χ1n) is 6.61. The summed E-state index contributed by atoms with van der Waals surface area (Å²) in [4.78, 5) is 10.9. The fourth-order valence-electron chi connectivity index (χ4n) is 1.99. The standard InChI is InChI=1S/C14H20FNO4S/c1-9(2)4-11(14(17)18)8-16-21(19,20)13-6-10(3)5-12(15)7-13/h5-7,9,11,16H,4,8H2,1-3H3,(H,17,18). The Labute approximate surface area is 124 Å². The van der Waals surface area contributed by atoms with E-state index in [-0.39, 0.29) is 17.4 Å². The summed E-state index contributed by atoms with van der Waals surface area (Å²) in [6, 6.07) is 3.47. The molecule has 0 aliphatic carbocycles. The van der Waals surface area contributed by atoms with Gasteiger partial charge in [0.1, 0.15) is 5.82 Å². The van der Waals surface area contributed by atoms with Crippen LogP contribution in [0.4, 0.5) is 4.39 Å². The van der Waals surface area contributed by atoms with E-state index in [0.717, 1.165) is 6.07 Å². The van der Waals surface area contributed by atoms with Gasteiger partial charge in [-0.1, -0.05) is 13.8 Å². The normalized spacial score (nSPS) is 13.4. The summed E-state index contributed by atoms with van der Waals surface area (Å²) < 4.78 is 39.7. The van der Waals surface area contributed by atoms with Gasteiger partial charge < -0.3 is 5.11 Å². The van der Waals surface area contributed by atoms with E-state index in [1.807, 2.05) is 13.8 Å². The van der Waals surface area contributed by atoms with Crippen LogP contribution in [0.3, 0.4) is 0 Å². The van der Waals surface area contributed by atoms with Crippen LogP contribution in [0.25, 0.3) is 0 Å². The molecule has 0 radical (unpaired) electrons. The molecule has 0 heterocycles. The highest BCUT2D eigenvalue weighted by atomic mass is 32.2. The average molecular weight is 317 g/mol. The Bertz CT molecular complexity index is 593. The van der Waals surface area contributed by atoms with Crippen LogP contribution < -0.4 is 4.72 Å². The zero-order chi connectivity index (χ0) is 16.2. The van der Waals surface area contributed by atoms with E-state index in [0.29, 0.717) is 12.0 Å². The fraction of sp³-hybridized carbons (Fsp3) is 0.500. The van der Waals surface area contributed by atoms with Gasteiger partial charge in [0, 0.05) is 6.54 Å². The predicted molar refractivity (Wildman–Crippen MR) is 76.9 cm³/mol. The van der Waals surface area contributed by atoms with Crippen molar-refractivity contribution in [1.29, 1.82) is 0 Å². The second kappa shape index (κ2) is 7.00. The maximum Gasteiger partial charge on any atom is 0.307 e. The summed E-state index contributed by atoms with van der Waals surface area (Å²) in [7, 11) is -3.92. The van der Waals surface area contributed by atoms with Crippen LogP contribution in [-0.2, 0) is 14.8 Å². The van der Waals surface area contributed by atoms with Gasteiger partial charge in [-0.2, -0.15) is 0 Å². The molecule has 118 valence electrons. The van der Waals surface area contributed by atoms with Crippen molar-refractivity contribution in [3.8, 4) is 0 Å². The molecule has 0 saturated carbocycles. The van der Waals surface area contributed by atoms with E-state index in [2.05, 4.69) is 4.72 Å². The number of hydrogen-bond donors (Lipinski definition) is 2. The van der Waals surface area contributed by atoms with Crippen molar-refractivity contribution >= 4 is 16.0 Å². The summed E-state index contributed by atoms with van der Waals surface area (Å²) >= 11 is 0. The third kappa shape index (κ3) is 5.43. The van der Waals surface area contributed by atoms with E-state index in [9.17, 15) is 17.6 Å². The quantitative estimate of drug-likeness (QED) is 0.807. The predicted octanol–water partition coefficient (Wildman–Crippen LogP) is 2.16. The molecule has 1 aromatic rings. The van der Waals surface area contributed by atoms with Crippen LogP contribution in [0, 0.1) is 24.6 Å². The molecule has 0 amide bonds. The number of nitrogens with one attached hydrogen (secondary N) is 1. The summed E-state index contributed by atoms with van der Waals surface area (Å²) in [5.41, 5.74) is 0.479. The monoisotopic (exact) mass is 317 g/mol. The summed E-state index contributed by atoms with van der Waals surface area (Å²) in [6.07, 6.45) is 0.361. The molecule has 0 aromatic heterocycles. The number of aliphatic carboxylic acids is 1. The lowest BCUT2D eigenvalue weighted by Gasteiger charge is -2.15. The summed E-state index contributed by atoms with van der Waals surface area (Å²) in [5, 5.41) is 9.08. The molecular weight excluding hydrogens is 297 g/mol. The molecule has 0 aliphatic heterocycles. The molecule has 1 rings (SSSR count). The Morgan fingerprint density at radius 3 is 2.43 bits per heavy atom. The number of carboxylic acid groups (broad SMARTS) is 1. The van der Waals surface area contributed by atoms with E-state index < -0.39 is 27.7 Å². The maximum atomic E-state index is 13.3. The van der Waals surface area contributed by atoms with E-state index in [1.165, 1.54) is 12.1 Å². The number of benzene rings is 1. The van der Waals surface area contributed by atoms with Gasteiger partial charge >= 0.3 is 5.97 Å². The Morgan fingerprint density at radius 2 is 1.95 bits per heavy atom. The molecule has 1 unspecified atom stereocenters. The van der Waals surface area contributed by atoms with Gasteiger partial charge in [-0.3, -0.25) is 4.79 Å². The van der Waals surface area contributed by atoms with Crippen molar-refractivity contribution in [2.75, 3.05) is 6.54 Å². The van der Waals surface area contributed by atoms with Gasteiger partial charge in [0.2, 0.25) is 10.0 Å². The van der Waals surface area contributed by atoms with Gasteiger partial charge in [0.15, 0.2) is 0 Å². The second-order valence-electron chi connectivity index (χ2n) is 5.48. The minimum atomic E-state index is -3.92. The minimum absolute atomic E-state index is 0.131. The Hall–Kier alpha value is -1.47. The van der Waals surface area contributed by atoms with Crippen LogP contribution in [0.5, 0.6) is 0 Å².